The monoisotopic (exact) mass is 318 g/mol. The molecule has 0 saturated heterocycles. The van der Waals surface area contributed by atoms with E-state index >= 15 is 0 Å². The van der Waals surface area contributed by atoms with Crippen LogP contribution in [0.25, 0.3) is 22.9 Å². The van der Waals surface area contributed by atoms with Crippen LogP contribution in [-0.4, -0.2) is 10.2 Å². The van der Waals surface area contributed by atoms with Crippen LogP contribution in [0.5, 0.6) is 0 Å². The van der Waals surface area contributed by atoms with Crippen LogP contribution in [0.15, 0.2) is 52.9 Å². The molecule has 3 nitrogen and oxygen atoms in total. The van der Waals surface area contributed by atoms with Gasteiger partial charge in [0.25, 0.3) is 0 Å². The summed E-state index contributed by atoms with van der Waals surface area (Å²) in [7, 11) is 0. The molecular formula is C16H12Cl2N2O. The smallest absolute Gasteiger partial charge is 0.248 e. The van der Waals surface area contributed by atoms with Crippen molar-refractivity contribution in [3.63, 3.8) is 0 Å². The highest BCUT2D eigenvalue weighted by Crippen LogP contribution is 2.29. The molecule has 21 heavy (non-hydrogen) atoms. The number of rotatable bonds is 4. The Morgan fingerprint density at radius 3 is 1.57 bits per heavy atom. The third-order valence-corrected chi connectivity index (χ3v) is 3.78. The lowest BCUT2D eigenvalue weighted by Crippen LogP contribution is -1.85. The van der Waals surface area contributed by atoms with E-state index in [-0.39, 0.29) is 0 Å². The first kappa shape index (κ1) is 14.1. The molecule has 5 heteroatoms. The van der Waals surface area contributed by atoms with Crippen molar-refractivity contribution in [2.75, 3.05) is 0 Å². The summed E-state index contributed by atoms with van der Waals surface area (Å²) in [5, 5.41) is 8.26. The molecule has 0 fully saturated rings. The molecule has 0 N–H and O–H groups in total. The predicted octanol–water partition coefficient (Wildman–Crippen LogP) is 4.88. The molecule has 0 aliphatic carbocycles. The summed E-state index contributed by atoms with van der Waals surface area (Å²) in [4.78, 5) is 0. The maximum atomic E-state index is 5.95. The molecule has 0 aliphatic heterocycles. The quantitative estimate of drug-likeness (QED) is 0.643. The van der Waals surface area contributed by atoms with Crippen molar-refractivity contribution >= 4 is 23.2 Å². The molecule has 0 aliphatic rings. The minimum absolute atomic E-state index is 0.395. The molecule has 3 rings (SSSR count). The average molecular weight is 319 g/mol. The summed E-state index contributed by atoms with van der Waals surface area (Å²) >= 11 is 11.9. The Kier molecular flexibility index (Phi) is 4.23. The van der Waals surface area contributed by atoms with Gasteiger partial charge in [-0.15, -0.1) is 33.4 Å². The van der Waals surface area contributed by atoms with E-state index in [1.807, 2.05) is 48.5 Å². The van der Waals surface area contributed by atoms with Gasteiger partial charge in [-0.2, -0.15) is 0 Å². The Morgan fingerprint density at radius 2 is 1.14 bits per heavy atom. The highest BCUT2D eigenvalue weighted by Gasteiger charge is 2.15. The minimum atomic E-state index is 0.395. The molecule has 3 aromatic rings. The Hall–Kier alpha value is -1.84. The summed E-state index contributed by atoms with van der Waals surface area (Å²) in [6.07, 6.45) is 0. The van der Waals surface area contributed by atoms with Crippen molar-refractivity contribution in [3.8, 4) is 22.9 Å². The number of hydrogen-bond acceptors (Lipinski definition) is 3. The molecule has 0 spiro atoms. The Labute approximate surface area is 132 Å². The van der Waals surface area contributed by atoms with Crippen LogP contribution in [0, 0.1) is 0 Å². The van der Waals surface area contributed by atoms with E-state index in [9.17, 15) is 0 Å². The molecule has 0 bridgehead atoms. The zero-order chi connectivity index (χ0) is 14.7. The largest absolute Gasteiger partial charge is 0.416 e. The number of benzene rings is 2. The van der Waals surface area contributed by atoms with Crippen LogP contribution in [0.1, 0.15) is 11.1 Å². The van der Waals surface area contributed by atoms with Gasteiger partial charge in [0, 0.05) is 22.9 Å². The number of aromatic nitrogens is 2. The predicted molar refractivity (Wildman–Crippen MR) is 84.3 cm³/mol. The third kappa shape index (κ3) is 2.80. The van der Waals surface area contributed by atoms with Gasteiger partial charge >= 0.3 is 0 Å². The van der Waals surface area contributed by atoms with Crippen LogP contribution in [0.2, 0.25) is 0 Å². The van der Waals surface area contributed by atoms with E-state index in [0.29, 0.717) is 23.5 Å². The fourth-order valence-corrected chi connectivity index (χ4v) is 2.60. The second-order valence-corrected chi connectivity index (χ2v) is 5.03. The van der Waals surface area contributed by atoms with Gasteiger partial charge in [-0.25, -0.2) is 0 Å². The number of halogens is 2. The Morgan fingerprint density at radius 1 is 0.714 bits per heavy atom. The fraction of sp³-hybridized carbons (Fsp3) is 0.125. The SMILES string of the molecule is ClCc1ccccc1-c1nnc(-c2ccccc2CCl)o1. The van der Waals surface area contributed by atoms with Crippen molar-refractivity contribution in [2.24, 2.45) is 0 Å². The van der Waals surface area contributed by atoms with Crippen LogP contribution in [-0.2, 0) is 11.8 Å². The lowest BCUT2D eigenvalue weighted by atomic mass is 10.1. The standard InChI is InChI=1S/C16H12Cl2N2O/c17-9-11-5-1-3-7-13(11)15-19-20-16(21-15)14-8-4-2-6-12(14)10-18/h1-8H,9-10H2. The molecule has 0 unspecified atom stereocenters. The van der Waals surface area contributed by atoms with Crippen molar-refractivity contribution in [3.05, 3.63) is 59.7 Å². The fourth-order valence-electron chi connectivity index (χ4n) is 2.13. The molecule has 106 valence electrons. The van der Waals surface area contributed by atoms with E-state index in [4.69, 9.17) is 27.6 Å². The van der Waals surface area contributed by atoms with Gasteiger partial charge in [-0.1, -0.05) is 36.4 Å². The number of nitrogens with zero attached hydrogens (tertiary/aromatic N) is 2. The van der Waals surface area contributed by atoms with Crippen LogP contribution >= 0.6 is 23.2 Å². The van der Waals surface area contributed by atoms with Crippen molar-refractivity contribution < 1.29 is 4.42 Å². The highest BCUT2D eigenvalue weighted by molar-refractivity contribution is 6.17. The summed E-state index contributed by atoms with van der Waals surface area (Å²) < 4.78 is 5.80. The number of alkyl halides is 2. The Balaban J connectivity index is 2.04. The maximum Gasteiger partial charge on any atom is 0.248 e. The Bertz CT molecular complexity index is 693. The van der Waals surface area contributed by atoms with Crippen molar-refractivity contribution in [1.82, 2.24) is 10.2 Å². The second kappa shape index (κ2) is 6.29. The maximum absolute atomic E-state index is 5.95. The first-order chi connectivity index (χ1) is 10.3. The minimum Gasteiger partial charge on any atom is -0.416 e. The topological polar surface area (TPSA) is 38.9 Å². The van der Waals surface area contributed by atoms with E-state index in [0.717, 1.165) is 22.3 Å². The summed E-state index contributed by atoms with van der Waals surface area (Å²) in [5.74, 6) is 1.72. The van der Waals surface area contributed by atoms with E-state index in [1.54, 1.807) is 0 Å². The van der Waals surface area contributed by atoms with Gasteiger partial charge < -0.3 is 4.42 Å². The van der Waals surface area contributed by atoms with Gasteiger partial charge in [-0.05, 0) is 23.3 Å². The van der Waals surface area contributed by atoms with E-state index < -0.39 is 0 Å². The van der Waals surface area contributed by atoms with Crippen molar-refractivity contribution in [1.29, 1.82) is 0 Å². The molecule has 2 aromatic carbocycles. The van der Waals surface area contributed by atoms with E-state index in [1.165, 1.54) is 0 Å². The second-order valence-electron chi connectivity index (χ2n) is 4.49. The molecule has 0 amide bonds. The number of hydrogen-bond donors (Lipinski definition) is 0. The third-order valence-electron chi connectivity index (χ3n) is 3.21. The lowest BCUT2D eigenvalue weighted by molar-refractivity contribution is 0.583. The van der Waals surface area contributed by atoms with Crippen molar-refractivity contribution in [2.45, 2.75) is 11.8 Å². The zero-order valence-corrected chi connectivity index (χ0v) is 12.6. The van der Waals surface area contributed by atoms with Gasteiger partial charge in [0.05, 0.1) is 0 Å². The highest BCUT2D eigenvalue weighted by atomic mass is 35.5. The van der Waals surface area contributed by atoms with Crippen LogP contribution in [0.4, 0.5) is 0 Å². The molecule has 0 atom stereocenters. The van der Waals surface area contributed by atoms with Gasteiger partial charge in [0.15, 0.2) is 0 Å². The molecule has 0 radical (unpaired) electrons. The van der Waals surface area contributed by atoms with E-state index in [2.05, 4.69) is 10.2 Å². The molecule has 0 saturated carbocycles. The summed E-state index contributed by atoms with van der Waals surface area (Å²) in [6.45, 7) is 0. The zero-order valence-electron chi connectivity index (χ0n) is 11.1. The molecule has 1 heterocycles. The lowest BCUT2D eigenvalue weighted by Gasteiger charge is -2.02. The van der Waals surface area contributed by atoms with Gasteiger partial charge in [0.2, 0.25) is 11.8 Å². The van der Waals surface area contributed by atoms with Gasteiger partial charge in [-0.3, -0.25) is 0 Å². The summed E-state index contributed by atoms with van der Waals surface area (Å²) in [5.41, 5.74) is 3.63. The average Bonchev–Trinajstić information content (AvgIpc) is 3.04. The van der Waals surface area contributed by atoms with Crippen LogP contribution < -0.4 is 0 Å². The van der Waals surface area contributed by atoms with Crippen LogP contribution in [0.3, 0.4) is 0 Å². The first-order valence-corrected chi connectivity index (χ1v) is 7.52. The summed E-state index contributed by atoms with van der Waals surface area (Å²) in [6, 6.07) is 15.4. The normalized spacial score (nSPS) is 10.8. The van der Waals surface area contributed by atoms with Gasteiger partial charge in [0.1, 0.15) is 0 Å². The molecule has 1 aromatic heterocycles. The first-order valence-electron chi connectivity index (χ1n) is 6.45. The molecular weight excluding hydrogens is 307 g/mol.